The Balaban J connectivity index is 1.84. The molecule has 1 N–H and O–H groups in total. The highest BCUT2D eigenvalue weighted by molar-refractivity contribution is 9.11. The Bertz CT molecular complexity index is 643. The molecule has 0 saturated carbocycles. The Morgan fingerprint density at radius 3 is 2.86 bits per heavy atom. The number of rotatable bonds is 3. The monoisotopic (exact) mass is 367 g/mol. The van der Waals surface area contributed by atoms with Gasteiger partial charge in [-0.2, -0.15) is 0 Å². The van der Waals surface area contributed by atoms with E-state index < -0.39 is 0 Å². The molecule has 0 saturated heterocycles. The summed E-state index contributed by atoms with van der Waals surface area (Å²) in [6.07, 6.45) is 2.18. The van der Waals surface area contributed by atoms with Crippen LogP contribution in [0.5, 0.6) is 0 Å². The third kappa shape index (κ3) is 3.27. The van der Waals surface area contributed by atoms with Gasteiger partial charge in [0, 0.05) is 28.9 Å². The molecule has 0 spiro atoms. The number of thiophene rings is 1. The molecule has 3 rings (SSSR count). The van der Waals surface area contributed by atoms with Gasteiger partial charge in [0.05, 0.1) is 3.79 Å². The molecule has 0 bridgehead atoms. The topological polar surface area (TPSA) is 25.2 Å². The normalized spacial score (nSPS) is 22.0. The first-order valence-electron chi connectivity index (χ1n) is 7.44. The Morgan fingerprint density at radius 2 is 2.19 bits per heavy atom. The van der Waals surface area contributed by atoms with Crippen molar-refractivity contribution in [3.8, 4) is 0 Å². The van der Waals surface area contributed by atoms with Crippen molar-refractivity contribution in [3.05, 3.63) is 43.9 Å². The van der Waals surface area contributed by atoms with Crippen LogP contribution in [0.2, 0.25) is 0 Å². The molecule has 1 aliphatic carbocycles. The van der Waals surface area contributed by atoms with Crippen LogP contribution in [0.4, 0.5) is 0 Å². The fourth-order valence-corrected chi connectivity index (χ4v) is 4.71. The van der Waals surface area contributed by atoms with Crippen LogP contribution in [0, 0.1) is 12.3 Å². The lowest BCUT2D eigenvalue weighted by Crippen LogP contribution is -2.33. The molecule has 0 aliphatic heterocycles. The lowest BCUT2D eigenvalue weighted by atomic mass is 9.74. The minimum absolute atomic E-state index is 0.282. The maximum atomic E-state index is 5.92. The maximum absolute atomic E-state index is 5.92. The first-order chi connectivity index (χ1) is 9.84. The number of nitrogens with one attached hydrogen (secondary N) is 1. The smallest absolute Gasteiger partial charge is 0.109 e. The van der Waals surface area contributed by atoms with Crippen molar-refractivity contribution in [2.24, 2.45) is 5.41 Å². The van der Waals surface area contributed by atoms with Gasteiger partial charge in [0.1, 0.15) is 11.5 Å². The van der Waals surface area contributed by atoms with Gasteiger partial charge in [-0.25, -0.2) is 0 Å². The number of hydrogen-bond acceptors (Lipinski definition) is 3. The molecule has 2 atom stereocenters. The van der Waals surface area contributed by atoms with Crippen molar-refractivity contribution in [1.82, 2.24) is 5.32 Å². The van der Waals surface area contributed by atoms with Crippen LogP contribution >= 0.6 is 27.3 Å². The lowest BCUT2D eigenvalue weighted by molar-refractivity contribution is 0.227. The van der Waals surface area contributed by atoms with Crippen molar-refractivity contribution in [2.75, 3.05) is 0 Å². The predicted molar refractivity (Wildman–Crippen MR) is 91.9 cm³/mol. The average molecular weight is 368 g/mol. The van der Waals surface area contributed by atoms with Crippen molar-refractivity contribution < 1.29 is 4.42 Å². The second-order valence-electron chi connectivity index (χ2n) is 6.86. The van der Waals surface area contributed by atoms with E-state index in [1.807, 2.05) is 6.92 Å². The summed E-state index contributed by atoms with van der Waals surface area (Å²) in [6, 6.07) is 7.25. The molecule has 0 radical (unpaired) electrons. The molecular weight excluding hydrogens is 346 g/mol. The van der Waals surface area contributed by atoms with Crippen LogP contribution in [-0.2, 0) is 6.42 Å². The maximum Gasteiger partial charge on any atom is 0.109 e. The average Bonchev–Trinajstić information content (AvgIpc) is 2.93. The molecule has 114 valence electrons. The van der Waals surface area contributed by atoms with Crippen LogP contribution in [-0.4, -0.2) is 0 Å². The van der Waals surface area contributed by atoms with E-state index in [-0.39, 0.29) is 5.41 Å². The zero-order valence-corrected chi connectivity index (χ0v) is 15.4. The van der Waals surface area contributed by atoms with Crippen LogP contribution in [0.1, 0.15) is 61.2 Å². The SMILES string of the molecule is Cc1cc2c(o1)CC(C)(C)CC2NC(C)c1ccc(Br)s1. The summed E-state index contributed by atoms with van der Waals surface area (Å²) in [5.74, 6) is 2.19. The lowest BCUT2D eigenvalue weighted by Gasteiger charge is -2.36. The number of fused-ring (bicyclic) bond motifs is 1. The fourth-order valence-electron chi connectivity index (χ4n) is 3.28. The third-order valence-corrected chi connectivity index (χ3v) is 6.01. The summed E-state index contributed by atoms with van der Waals surface area (Å²) >= 11 is 5.35. The molecule has 0 amide bonds. The van der Waals surface area contributed by atoms with Crippen molar-refractivity contribution in [3.63, 3.8) is 0 Å². The van der Waals surface area contributed by atoms with E-state index in [4.69, 9.17) is 4.42 Å². The van der Waals surface area contributed by atoms with Crippen molar-refractivity contribution in [2.45, 2.75) is 52.6 Å². The first-order valence-corrected chi connectivity index (χ1v) is 9.05. The second kappa shape index (κ2) is 5.56. The standard InChI is InChI=1S/C17H22BrNOS/c1-10-7-12-13(8-17(3,4)9-14(12)20-10)19-11(2)15-5-6-16(18)21-15/h5-7,11,13,19H,8-9H2,1-4H3. The van der Waals surface area contributed by atoms with Crippen LogP contribution < -0.4 is 5.32 Å². The zero-order valence-electron chi connectivity index (χ0n) is 13.0. The van der Waals surface area contributed by atoms with E-state index in [2.05, 4.69) is 60.2 Å². The minimum atomic E-state index is 0.282. The van der Waals surface area contributed by atoms with E-state index in [1.165, 1.54) is 20.0 Å². The van der Waals surface area contributed by atoms with Gasteiger partial charge in [0.15, 0.2) is 0 Å². The number of furan rings is 1. The summed E-state index contributed by atoms with van der Waals surface area (Å²) < 4.78 is 7.11. The van der Waals surface area contributed by atoms with Gasteiger partial charge in [-0.15, -0.1) is 11.3 Å². The summed E-state index contributed by atoms with van der Waals surface area (Å²) in [5, 5.41) is 3.80. The predicted octanol–water partition coefficient (Wildman–Crippen LogP) is 5.78. The molecule has 0 fully saturated rings. The molecule has 1 aliphatic rings. The molecule has 4 heteroatoms. The van der Waals surface area contributed by atoms with Gasteiger partial charge in [0.25, 0.3) is 0 Å². The first kappa shape index (κ1) is 15.3. The number of hydrogen-bond donors (Lipinski definition) is 1. The molecule has 2 nitrogen and oxygen atoms in total. The summed E-state index contributed by atoms with van der Waals surface area (Å²) in [6.45, 7) is 8.94. The number of aryl methyl sites for hydroxylation is 1. The molecule has 21 heavy (non-hydrogen) atoms. The van der Waals surface area contributed by atoms with E-state index in [9.17, 15) is 0 Å². The number of halogens is 1. The highest BCUT2D eigenvalue weighted by atomic mass is 79.9. The highest BCUT2D eigenvalue weighted by Crippen LogP contribution is 2.43. The minimum Gasteiger partial charge on any atom is -0.466 e. The largest absolute Gasteiger partial charge is 0.466 e. The Morgan fingerprint density at radius 1 is 1.43 bits per heavy atom. The molecule has 2 aromatic rings. The van der Waals surface area contributed by atoms with Gasteiger partial charge in [-0.05, 0) is 59.8 Å². The molecule has 2 heterocycles. The van der Waals surface area contributed by atoms with Crippen LogP contribution in [0.3, 0.4) is 0 Å². The zero-order chi connectivity index (χ0) is 15.2. The quantitative estimate of drug-likeness (QED) is 0.743. The second-order valence-corrected chi connectivity index (χ2v) is 9.36. The van der Waals surface area contributed by atoms with E-state index >= 15 is 0 Å². The fraction of sp³-hybridized carbons (Fsp3) is 0.529. The van der Waals surface area contributed by atoms with Gasteiger partial charge in [0.2, 0.25) is 0 Å². The summed E-state index contributed by atoms with van der Waals surface area (Å²) in [5.41, 5.74) is 1.64. The Kier molecular flexibility index (Phi) is 4.06. The third-order valence-electron chi connectivity index (χ3n) is 4.21. The summed E-state index contributed by atoms with van der Waals surface area (Å²) in [7, 11) is 0. The van der Waals surface area contributed by atoms with Gasteiger partial charge in [-0.1, -0.05) is 13.8 Å². The molecule has 0 aromatic carbocycles. The van der Waals surface area contributed by atoms with Crippen LogP contribution in [0.15, 0.2) is 26.4 Å². The van der Waals surface area contributed by atoms with Crippen molar-refractivity contribution >= 4 is 27.3 Å². The molecule has 2 aromatic heterocycles. The van der Waals surface area contributed by atoms with Crippen molar-refractivity contribution in [1.29, 1.82) is 0 Å². The Labute approximate surface area is 139 Å². The Hall–Kier alpha value is -0.580. The highest BCUT2D eigenvalue weighted by Gasteiger charge is 2.35. The molecule has 2 unspecified atom stereocenters. The molecular formula is C17H22BrNOS. The van der Waals surface area contributed by atoms with E-state index in [0.717, 1.165) is 18.6 Å². The van der Waals surface area contributed by atoms with Gasteiger partial charge >= 0.3 is 0 Å². The van der Waals surface area contributed by atoms with Crippen LogP contribution in [0.25, 0.3) is 0 Å². The van der Waals surface area contributed by atoms with Gasteiger partial charge < -0.3 is 9.73 Å². The van der Waals surface area contributed by atoms with Gasteiger partial charge in [-0.3, -0.25) is 0 Å². The van der Waals surface area contributed by atoms with E-state index in [1.54, 1.807) is 11.3 Å². The summed E-state index contributed by atoms with van der Waals surface area (Å²) in [4.78, 5) is 1.37. The van der Waals surface area contributed by atoms with E-state index in [0.29, 0.717) is 12.1 Å².